The highest BCUT2D eigenvalue weighted by atomic mass is 16.1. The summed E-state index contributed by atoms with van der Waals surface area (Å²) >= 11 is 0. The maximum atomic E-state index is 10.9. The van der Waals surface area contributed by atoms with Gasteiger partial charge >= 0.3 is 0 Å². The molecule has 74 valence electrons. The lowest BCUT2D eigenvalue weighted by Gasteiger charge is -2.04. The molecule has 1 aromatic rings. The van der Waals surface area contributed by atoms with E-state index in [4.69, 9.17) is 0 Å². The van der Waals surface area contributed by atoms with Crippen LogP contribution in [-0.4, -0.2) is 33.7 Å². The maximum absolute atomic E-state index is 10.9. The Kier molecular flexibility index (Phi) is 2.26. The minimum atomic E-state index is 0.0747. The highest BCUT2D eigenvalue weighted by Gasteiger charge is 2.21. The zero-order valence-corrected chi connectivity index (χ0v) is 7.51. The first-order valence-corrected chi connectivity index (χ1v) is 4.40. The third kappa shape index (κ3) is 1.78. The summed E-state index contributed by atoms with van der Waals surface area (Å²) in [6, 6.07) is 0. The van der Waals surface area contributed by atoms with Crippen LogP contribution in [0.5, 0.6) is 0 Å². The van der Waals surface area contributed by atoms with Crippen molar-refractivity contribution in [2.75, 3.05) is 6.54 Å². The fourth-order valence-corrected chi connectivity index (χ4v) is 1.51. The predicted molar refractivity (Wildman–Crippen MR) is 46.5 cm³/mol. The van der Waals surface area contributed by atoms with Gasteiger partial charge in [0.1, 0.15) is 5.69 Å². The van der Waals surface area contributed by atoms with Gasteiger partial charge in [0, 0.05) is 25.4 Å². The molecule has 14 heavy (non-hydrogen) atoms. The standard InChI is InChI=1S/C8H10N4O2/c13-5-7-4-12(11-10-7)3-6-1-8(14)9-2-6/h4-6H,1-3H2,(H,9,14). The van der Waals surface area contributed by atoms with E-state index in [1.165, 1.54) is 0 Å². The number of aldehydes is 1. The van der Waals surface area contributed by atoms with Crippen molar-refractivity contribution in [2.45, 2.75) is 13.0 Å². The molecular formula is C8H10N4O2. The Morgan fingerprint density at radius 3 is 3.14 bits per heavy atom. The van der Waals surface area contributed by atoms with Gasteiger partial charge in [-0.05, 0) is 0 Å². The van der Waals surface area contributed by atoms with Crippen molar-refractivity contribution in [2.24, 2.45) is 5.92 Å². The molecule has 6 heteroatoms. The maximum Gasteiger partial charge on any atom is 0.220 e. The van der Waals surface area contributed by atoms with Crippen molar-refractivity contribution < 1.29 is 9.59 Å². The third-order valence-electron chi connectivity index (χ3n) is 2.18. The molecule has 1 amide bonds. The Morgan fingerprint density at radius 1 is 1.71 bits per heavy atom. The van der Waals surface area contributed by atoms with Crippen molar-refractivity contribution in [3.05, 3.63) is 11.9 Å². The van der Waals surface area contributed by atoms with Crippen LogP contribution in [0.1, 0.15) is 16.9 Å². The van der Waals surface area contributed by atoms with E-state index in [0.29, 0.717) is 31.5 Å². The van der Waals surface area contributed by atoms with Crippen LogP contribution < -0.4 is 5.32 Å². The summed E-state index contributed by atoms with van der Waals surface area (Å²) in [5.41, 5.74) is 0.322. The van der Waals surface area contributed by atoms with Crippen molar-refractivity contribution in [3.63, 3.8) is 0 Å². The van der Waals surface area contributed by atoms with Crippen molar-refractivity contribution in [1.82, 2.24) is 20.3 Å². The van der Waals surface area contributed by atoms with E-state index in [9.17, 15) is 9.59 Å². The molecule has 6 nitrogen and oxygen atoms in total. The highest BCUT2D eigenvalue weighted by molar-refractivity contribution is 5.78. The Bertz CT molecular complexity index is 360. The summed E-state index contributed by atoms with van der Waals surface area (Å²) < 4.78 is 1.59. The normalized spacial score (nSPS) is 20.9. The van der Waals surface area contributed by atoms with Gasteiger partial charge in [0.2, 0.25) is 5.91 Å². The van der Waals surface area contributed by atoms with Crippen LogP contribution in [0.3, 0.4) is 0 Å². The van der Waals surface area contributed by atoms with Crippen LogP contribution in [0.15, 0.2) is 6.20 Å². The second-order valence-electron chi connectivity index (χ2n) is 3.36. The fraction of sp³-hybridized carbons (Fsp3) is 0.500. The van der Waals surface area contributed by atoms with Gasteiger partial charge in [0.15, 0.2) is 6.29 Å². The molecule has 2 rings (SSSR count). The highest BCUT2D eigenvalue weighted by Crippen LogP contribution is 2.10. The van der Waals surface area contributed by atoms with Crippen LogP contribution in [-0.2, 0) is 11.3 Å². The molecule has 1 unspecified atom stereocenters. The molecular weight excluding hydrogens is 184 g/mol. The first-order valence-electron chi connectivity index (χ1n) is 4.40. The Hall–Kier alpha value is -1.72. The first-order chi connectivity index (χ1) is 6.78. The summed E-state index contributed by atoms with van der Waals surface area (Å²) in [6.07, 6.45) is 2.76. The van der Waals surface area contributed by atoms with Crippen LogP contribution in [0.4, 0.5) is 0 Å². The number of carbonyl (C=O) groups excluding carboxylic acids is 2. The average Bonchev–Trinajstić information content (AvgIpc) is 2.76. The summed E-state index contributed by atoms with van der Waals surface area (Å²) in [7, 11) is 0. The van der Waals surface area contributed by atoms with Crippen LogP contribution in [0.2, 0.25) is 0 Å². The lowest BCUT2D eigenvalue weighted by atomic mass is 10.1. The van der Waals surface area contributed by atoms with E-state index in [1.54, 1.807) is 10.9 Å². The van der Waals surface area contributed by atoms with E-state index in [1.807, 2.05) is 0 Å². The number of aromatic nitrogens is 3. The van der Waals surface area contributed by atoms with Crippen molar-refractivity contribution >= 4 is 12.2 Å². The number of nitrogens with one attached hydrogen (secondary N) is 1. The minimum Gasteiger partial charge on any atom is -0.356 e. The lowest BCUT2D eigenvalue weighted by molar-refractivity contribution is -0.119. The molecule has 2 heterocycles. The number of rotatable bonds is 3. The summed E-state index contributed by atoms with van der Waals surface area (Å²) in [6.45, 7) is 1.30. The van der Waals surface area contributed by atoms with Gasteiger partial charge in [-0.1, -0.05) is 5.21 Å². The van der Waals surface area contributed by atoms with Gasteiger partial charge < -0.3 is 5.32 Å². The second-order valence-corrected chi connectivity index (χ2v) is 3.36. The molecule has 1 N–H and O–H groups in total. The second kappa shape index (κ2) is 3.57. The molecule has 1 fully saturated rings. The Labute approximate surface area is 80.3 Å². The number of carbonyl (C=O) groups is 2. The number of amides is 1. The smallest absolute Gasteiger partial charge is 0.220 e. The largest absolute Gasteiger partial charge is 0.356 e. The zero-order valence-electron chi connectivity index (χ0n) is 7.51. The average molecular weight is 194 g/mol. The first kappa shape index (κ1) is 8.86. The monoisotopic (exact) mass is 194 g/mol. The molecule has 0 aliphatic carbocycles. The van der Waals surface area contributed by atoms with E-state index in [-0.39, 0.29) is 11.8 Å². The van der Waals surface area contributed by atoms with Gasteiger partial charge in [-0.3, -0.25) is 14.3 Å². The van der Waals surface area contributed by atoms with Gasteiger partial charge in [-0.2, -0.15) is 0 Å². The third-order valence-corrected chi connectivity index (χ3v) is 2.18. The lowest BCUT2D eigenvalue weighted by Crippen LogP contribution is -2.16. The molecule has 0 saturated carbocycles. The van der Waals surface area contributed by atoms with Gasteiger partial charge in [0.05, 0.1) is 6.20 Å². The van der Waals surface area contributed by atoms with Gasteiger partial charge in [-0.25, -0.2) is 0 Å². The van der Waals surface area contributed by atoms with E-state index < -0.39 is 0 Å². The topological polar surface area (TPSA) is 76.9 Å². The van der Waals surface area contributed by atoms with Gasteiger partial charge in [-0.15, -0.1) is 5.10 Å². The molecule has 1 aliphatic heterocycles. The minimum absolute atomic E-state index is 0.0747. The van der Waals surface area contributed by atoms with E-state index in [2.05, 4.69) is 15.6 Å². The molecule has 1 aromatic heterocycles. The van der Waals surface area contributed by atoms with E-state index in [0.717, 1.165) is 0 Å². The molecule has 0 aromatic carbocycles. The SMILES string of the molecule is O=Cc1cn(CC2CNC(=O)C2)nn1. The Balaban J connectivity index is 1.97. The summed E-state index contributed by atoms with van der Waals surface area (Å²) in [5, 5.41) is 10.1. The van der Waals surface area contributed by atoms with Crippen LogP contribution in [0, 0.1) is 5.92 Å². The molecule has 0 bridgehead atoms. The molecule has 1 aliphatic rings. The quantitative estimate of drug-likeness (QED) is 0.641. The van der Waals surface area contributed by atoms with Crippen LogP contribution >= 0.6 is 0 Å². The molecule has 1 saturated heterocycles. The fourth-order valence-electron chi connectivity index (χ4n) is 1.51. The molecule has 1 atom stereocenters. The van der Waals surface area contributed by atoms with Crippen molar-refractivity contribution in [3.8, 4) is 0 Å². The summed E-state index contributed by atoms with van der Waals surface area (Å²) in [4.78, 5) is 21.2. The van der Waals surface area contributed by atoms with Crippen LogP contribution in [0.25, 0.3) is 0 Å². The molecule has 0 spiro atoms. The van der Waals surface area contributed by atoms with Crippen molar-refractivity contribution in [1.29, 1.82) is 0 Å². The summed E-state index contributed by atoms with van der Waals surface area (Å²) in [5.74, 6) is 0.328. The van der Waals surface area contributed by atoms with E-state index >= 15 is 0 Å². The Morgan fingerprint density at radius 2 is 2.57 bits per heavy atom. The number of hydrogen-bond donors (Lipinski definition) is 1. The number of hydrogen-bond acceptors (Lipinski definition) is 4. The zero-order chi connectivity index (χ0) is 9.97. The molecule has 0 radical (unpaired) electrons. The predicted octanol–water partition coefficient (Wildman–Crippen LogP) is -0.773. The van der Waals surface area contributed by atoms with Gasteiger partial charge in [0.25, 0.3) is 0 Å². The number of nitrogens with zero attached hydrogens (tertiary/aromatic N) is 3.